The van der Waals surface area contributed by atoms with Crippen LogP contribution in [-0.2, 0) is 6.61 Å². The number of hydrogen-bond donors (Lipinski definition) is 1. The Hall–Kier alpha value is -4.64. The molecule has 8 nitrogen and oxygen atoms in total. The largest absolute Gasteiger partial charge is 0.497 e. The van der Waals surface area contributed by atoms with Crippen LogP contribution in [0.5, 0.6) is 11.5 Å². The lowest BCUT2D eigenvalue weighted by Crippen LogP contribution is -1.98. The normalized spacial score (nSPS) is 11.2. The minimum absolute atomic E-state index is 0.0270. The molecule has 0 unspecified atom stereocenters. The molecule has 0 saturated carbocycles. The SMILES string of the molecule is COc1ccc2nc(C(C#N)=Cc3ccccc3OCc3ccc([N+](=O)[O-])cc3)[nH]c2c1. The predicted molar refractivity (Wildman–Crippen MR) is 120 cm³/mol. The fourth-order valence-corrected chi connectivity index (χ4v) is 3.16. The summed E-state index contributed by atoms with van der Waals surface area (Å²) in [4.78, 5) is 18.0. The highest BCUT2D eigenvalue weighted by Gasteiger charge is 2.11. The zero-order valence-electron chi connectivity index (χ0n) is 17.1. The minimum atomic E-state index is -0.442. The molecule has 0 fully saturated rings. The first-order valence-electron chi connectivity index (χ1n) is 9.68. The van der Waals surface area contributed by atoms with Gasteiger partial charge in [0.25, 0.3) is 5.69 Å². The van der Waals surface area contributed by atoms with Crippen LogP contribution in [0.15, 0.2) is 66.7 Å². The van der Waals surface area contributed by atoms with Gasteiger partial charge in [0.2, 0.25) is 0 Å². The zero-order valence-corrected chi connectivity index (χ0v) is 17.1. The van der Waals surface area contributed by atoms with E-state index in [0.29, 0.717) is 28.5 Å². The highest BCUT2D eigenvalue weighted by Crippen LogP contribution is 2.27. The summed E-state index contributed by atoms with van der Waals surface area (Å²) in [6.45, 7) is 0.231. The Bertz CT molecular complexity index is 1350. The summed E-state index contributed by atoms with van der Waals surface area (Å²) in [7, 11) is 1.59. The van der Waals surface area contributed by atoms with Crippen LogP contribution in [0.4, 0.5) is 5.69 Å². The van der Waals surface area contributed by atoms with E-state index >= 15 is 0 Å². The van der Waals surface area contributed by atoms with E-state index in [2.05, 4.69) is 16.0 Å². The number of methoxy groups -OCH3 is 1. The van der Waals surface area contributed by atoms with Crippen molar-refractivity contribution in [2.75, 3.05) is 7.11 Å². The molecule has 0 radical (unpaired) electrons. The van der Waals surface area contributed by atoms with Gasteiger partial charge in [-0.15, -0.1) is 0 Å². The van der Waals surface area contributed by atoms with Crippen molar-refractivity contribution >= 4 is 28.4 Å². The lowest BCUT2D eigenvalue weighted by atomic mass is 10.1. The summed E-state index contributed by atoms with van der Waals surface area (Å²) in [6.07, 6.45) is 1.71. The van der Waals surface area contributed by atoms with E-state index < -0.39 is 4.92 Å². The van der Waals surface area contributed by atoms with Crippen LogP contribution < -0.4 is 9.47 Å². The number of hydrogen-bond acceptors (Lipinski definition) is 6. The molecule has 0 aliphatic rings. The number of nitro groups is 1. The van der Waals surface area contributed by atoms with Crippen LogP contribution in [-0.4, -0.2) is 22.0 Å². The highest BCUT2D eigenvalue weighted by atomic mass is 16.6. The van der Waals surface area contributed by atoms with Gasteiger partial charge in [-0.1, -0.05) is 18.2 Å². The molecule has 3 aromatic carbocycles. The number of H-pyrrole nitrogens is 1. The highest BCUT2D eigenvalue weighted by molar-refractivity contribution is 5.91. The van der Waals surface area contributed by atoms with Crippen molar-refractivity contribution in [1.29, 1.82) is 5.26 Å². The fraction of sp³-hybridized carbons (Fsp3) is 0.0833. The van der Waals surface area contributed by atoms with Crippen molar-refractivity contribution < 1.29 is 14.4 Å². The number of fused-ring (bicyclic) bond motifs is 1. The van der Waals surface area contributed by atoms with Crippen LogP contribution >= 0.6 is 0 Å². The van der Waals surface area contributed by atoms with Crippen molar-refractivity contribution in [2.24, 2.45) is 0 Å². The van der Waals surface area contributed by atoms with Crippen molar-refractivity contribution in [3.63, 3.8) is 0 Å². The van der Waals surface area contributed by atoms with Crippen molar-refractivity contribution in [3.05, 3.63) is 93.8 Å². The van der Waals surface area contributed by atoms with E-state index in [1.807, 2.05) is 36.4 Å². The van der Waals surface area contributed by atoms with E-state index in [0.717, 1.165) is 16.6 Å². The van der Waals surface area contributed by atoms with Gasteiger partial charge in [0.1, 0.15) is 30.0 Å². The second-order valence-electron chi connectivity index (χ2n) is 6.89. The summed E-state index contributed by atoms with van der Waals surface area (Å²) in [5, 5.41) is 20.5. The first kappa shape index (κ1) is 20.6. The van der Waals surface area contributed by atoms with E-state index in [1.54, 1.807) is 31.4 Å². The minimum Gasteiger partial charge on any atom is -0.497 e. The van der Waals surface area contributed by atoms with Crippen molar-refractivity contribution in [3.8, 4) is 17.6 Å². The van der Waals surface area contributed by atoms with Gasteiger partial charge in [0, 0.05) is 23.8 Å². The molecule has 1 aromatic heterocycles. The number of rotatable bonds is 7. The Kier molecular flexibility index (Phi) is 5.81. The number of nitrogens with one attached hydrogen (secondary N) is 1. The number of ether oxygens (including phenoxy) is 2. The number of nitriles is 1. The Balaban J connectivity index is 1.59. The molecule has 1 heterocycles. The molecule has 0 atom stereocenters. The summed E-state index contributed by atoms with van der Waals surface area (Å²) in [6, 6.07) is 21.2. The smallest absolute Gasteiger partial charge is 0.269 e. The van der Waals surface area contributed by atoms with Gasteiger partial charge >= 0.3 is 0 Å². The lowest BCUT2D eigenvalue weighted by Gasteiger charge is -2.09. The molecule has 0 aliphatic heterocycles. The van der Waals surface area contributed by atoms with Crippen LogP contribution in [0.3, 0.4) is 0 Å². The van der Waals surface area contributed by atoms with E-state index in [1.165, 1.54) is 12.1 Å². The molecule has 0 bridgehead atoms. The first-order valence-corrected chi connectivity index (χ1v) is 9.68. The summed E-state index contributed by atoms with van der Waals surface area (Å²) >= 11 is 0. The third kappa shape index (κ3) is 4.42. The standard InChI is InChI=1S/C24H18N4O4/c1-31-20-10-11-21-22(13-20)27-24(26-21)18(14-25)12-17-4-2-3-5-23(17)32-15-16-6-8-19(9-7-16)28(29)30/h2-13H,15H2,1H3,(H,26,27). The average Bonchev–Trinajstić information content (AvgIpc) is 3.25. The van der Waals surface area contributed by atoms with E-state index in [9.17, 15) is 15.4 Å². The number of nitrogens with zero attached hydrogens (tertiary/aromatic N) is 3. The number of imidazole rings is 1. The molecular weight excluding hydrogens is 408 g/mol. The first-order chi connectivity index (χ1) is 15.6. The topological polar surface area (TPSA) is 114 Å². The maximum absolute atomic E-state index is 10.8. The molecule has 0 amide bonds. The van der Waals surface area contributed by atoms with Gasteiger partial charge in [0.15, 0.2) is 0 Å². The third-order valence-electron chi connectivity index (χ3n) is 4.82. The predicted octanol–water partition coefficient (Wildman–Crippen LogP) is 5.12. The Morgan fingerprint density at radius 1 is 1.19 bits per heavy atom. The number of aromatic nitrogens is 2. The number of allylic oxidation sites excluding steroid dienone is 1. The maximum Gasteiger partial charge on any atom is 0.269 e. The van der Waals surface area contributed by atoms with Crippen LogP contribution in [0.25, 0.3) is 22.7 Å². The van der Waals surface area contributed by atoms with Crippen LogP contribution in [0.2, 0.25) is 0 Å². The molecule has 0 saturated heterocycles. The number of benzene rings is 3. The number of aromatic amines is 1. The van der Waals surface area contributed by atoms with Gasteiger partial charge in [0.05, 0.1) is 28.6 Å². The Morgan fingerprint density at radius 3 is 2.69 bits per heavy atom. The second kappa shape index (κ2) is 9.02. The fourth-order valence-electron chi connectivity index (χ4n) is 3.16. The van der Waals surface area contributed by atoms with Crippen LogP contribution in [0.1, 0.15) is 17.0 Å². The average molecular weight is 426 g/mol. The Labute approximate surface area is 183 Å². The number of para-hydroxylation sites is 1. The van der Waals surface area contributed by atoms with E-state index in [4.69, 9.17) is 9.47 Å². The summed E-state index contributed by atoms with van der Waals surface area (Å²) < 4.78 is 11.2. The van der Waals surface area contributed by atoms with Crippen LogP contribution in [0, 0.1) is 21.4 Å². The van der Waals surface area contributed by atoms with E-state index in [-0.39, 0.29) is 12.3 Å². The molecule has 8 heteroatoms. The molecule has 4 aromatic rings. The second-order valence-corrected chi connectivity index (χ2v) is 6.89. The maximum atomic E-state index is 10.8. The van der Waals surface area contributed by atoms with Gasteiger partial charge in [-0.05, 0) is 42.0 Å². The molecule has 1 N–H and O–H groups in total. The quantitative estimate of drug-likeness (QED) is 0.249. The van der Waals surface area contributed by atoms with Gasteiger partial charge in [-0.3, -0.25) is 10.1 Å². The molecule has 32 heavy (non-hydrogen) atoms. The molecule has 0 spiro atoms. The van der Waals surface area contributed by atoms with Gasteiger partial charge in [-0.2, -0.15) is 5.26 Å². The lowest BCUT2D eigenvalue weighted by molar-refractivity contribution is -0.384. The zero-order chi connectivity index (χ0) is 22.5. The number of nitro benzene ring substituents is 1. The van der Waals surface area contributed by atoms with Crippen molar-refractivity contribution in [1.82, 2.24) is 9.97 Å². The van der Waals surface area contributed by atoms with Gasteiger partial charge in [-0.25, -0.2) is 4.98 Å². The number of non-ortho nitro benzene ring substituents is 1. The summed E-state index contributed by atoms with van der Waals surface area (Å²) in [5.74, 6) is 1.72. The molecule has 158 valence electrons. The third-order valence-corrected chi connectivity index (χ3v) is 4.82. The monoisotopic (exact) mass is 426 g/mol. The molecule has 0 aliphatic carbocycles. The Morgan fingerprint density at radius 2 is 1.97 bits per heavy atom. The summed E-state index contributed by atoms with van der Waals surface area (Å²) in [5.41, 5.74) is 3.38. The molecular formula is C24H18N4O4. The molecule has 4 rings (SSSR count). The van der Waals surface area contributed by atoms with Crippen molar-refractivity contribution in [2.45, 2.75) is 6.61 Å². The van der Waals surface area contributed by atoms with Gasteiger partial charge < -0.3 is 14.5 Å².